The Balaban J connectivity index is 1.55. The van der Waals surface area contributed by atoms with Gasteiger partial charge in [-0.1, -0.05) is 6.42 Å². The van der Waals surface area contributed by atoms with Crippen LogP contribution in [0.15, 0.2) is 0 Å². The monoisotopic (exact) mass is 269 g/mol. The molecule has 18 heavy (non-hydrogen) atoms. The minimum Gasteiger partial charge on any atom is -0.352 e. The highest BCUT2D eigenvalue weighted by atomic mass is 32.2. The predicted molar refractivity (Wildman–Crippen MR) is 74.6 cm³/mol. The molecule has 3 heterocycles. The average Bonchev–Trinajstić information content (AvgIpc) is 2.84. The number of amides is 1. The SMILES string of the molecule is CN1C2CCCC1CC(NC(=O)C1CSCN1)C2. The Bertz CT molecular complexity index is 305. The van der Waals surface area contributed by atoms with E-state index in [-0.39, 0.29) is 11.9 Å². The van der Waals surface area contributed by atoms with Crippen molar-refractivity contribution >= 4 is 17.7 Å². The number of carbonyl (C=O) groups is 1. The molecule has 102 valence electrons. The van der Waals surface area contributed by atoms with Gasteiger partial charge in [-0.05, 0) is 32.7 Å². The molecule has 2 N–H and O–H groups in total. The van der Waals surface area contributed by atoms with Crippen molar-refractivity contribution in [2.45, 2.75) is 56.3 Å². The zero-order chi connectivity index (χ0) is 12.5. The fraction of sp³-hybridized carbons (Fsp3) is 0.923. The number of hydrogen-bond donors (Lipinski definition) is 2. The molecule has 3 aliphatic rings. The average molecular weight is 269 g/mol. The highest BCUT2D eigenvalue weighted by Gasteiger charge is 2.37. The molecular weight excluding hydrogens is 246 g/mol. The van der Waals surface area contributed by atoms with Crippen LogP contribution in [0.2, 0.25) is 0 Å². The molecule has 3 rings (SSSR count). The van der Waals surface area contributed by atoms with Crippen LogP contribution in [0.5, 0.6) is 0 Å². The first kappa shape index (κ1) is 12.8. The van der Waals surface area contributed by atoms with E-state index < -0.39 is 0 Å². The van der Waals surface area contributed by atoms with Gasteiger partial charge < -0.3 is 10.2 Å². The maximum absolute atomic E-state index is 12.1. The zero-order valence-electron chi connectivity index (χ0n) is 11.0. The summed E-state index contributed by atoms with van der Waals surface area (Å²) in [6.07, 6.45) is 6.24. The van der Waals surface area contributed by atoms with Crippen molar-refractivity contribution in [1.29, 1.82) is 0 Å². The first-order valence-corrected chi connectivity index (χ1v) is 8.23. The van der Waals surface area contributed by atoms with Crippen molar-refractivity contribution in [1.82, 2.24) is 15.5 Å². The quantitative estimate of drug-likeness (QED) is 0.777. The maximum Gasteiger partial charge on any atom is 0.238 e. The van der Waals surface area contributed by atoms with Crippen LogP contribution in [-0.2, 0) is 4.79 Å². The number of rotatable bonds is 2. The third-order valence-corrected chi connectivity index (χ3v) is 5.66. The van der Waals surface area contributed by atoms with Crippen LogP contribution >= 0.6 is 11.8 Å². The van der Waals surface area contributed by atoms with Gasteiger partial charge in [0.15, 0.2) is 0 Å². The van der Waals surface area contributed by atoms with Crippen molar-refractivity contribution in [2.24, 2.45) is 0 Å². The summed E-state index contributed by atoms with van der Waals surface area (Å²) in [7, 11) is 2.25. The van der Waals surface area contributed by atoms with Gasteiger partial charge in [0, 0.05) is 29.8 Å². The third kappa shape index (κ3) is 2.53. The Morgan fingerprint density at radius 2 is 2.06 bits per heavy atom. The Morgan fingerprint density at radius 1 is 1.33 bits per heavy atom. The molecule has 0 radical (unpaired) electrons. The topological polar surface area (TPSA) is 44.4 Å². The van der Waals surface area contributed by atoms with Gasteiger partial charge in [-0.25, -0.2) is 0 Å². The van der Waals surface area contributed by atoms with Crippen molar-refractivity contribution in [3.8, 4) is 0 Å². The molecule has 3 fully saturated rings. The second-order valence-electron chi connectivity index (χ2n) is 5.85. The van der Waals surface area contributed by atoms with Crippen molar-refractivity contribution < 1.29 is 4.79 Å². The molecule has 0 aromatic rings. The molecule has 0 spiro atoms. The van der Waals surface area contributed by atoms with E-state index in [2.05, 4.69) is 22.6 Å². The van der Waals surface area contributed by atoms with Crippen LogP contribution in [0, 0.1) is 0 Å². The lowest BCUT2D eigenvalue weighted by atomic mass is 9.82. The van der Waals surface area contributed by atoms with E-state index in [0.717, 1.165) is 24.5 Å². The molecule has 0 saturated carbocycles. The molecule has 1 amide bonds. The van der Waals surface area contributed by atoms with Crippen LogP contribution in [-0.4, -0.2) is 53.7 Å². The van der Waals surface area contributed by atoms with Gasteiger partial charge in [-0.2, -0.15) is 0 Å². The standard InChI is InChI=1S/C13H23N3OS/c1-16-10-3-2-4-11(16)6-9(5-10)15-13(17)12-7-18-8-14-12/h9-12,14H,2-8H2,1H3,(H,15,17). The minimum absolute atomic E-state index is 0.0366. The molecule has 0 aromatic heterocycles. The number of thioether (sulfide) groups is 1. The Kier molecular flexibility index (Phi) is 3.82. The summed E-state index contributed by atoms with van der Waals surface area (Å²) >= 11 is 1.81. The predicted octanol–water partition coefficient (Wildman–Crippen LogP) is 0.780. The number of piperidine rings is 2. The molecule has 0 aromatic carbocycles. The molecule has 4 nitrogen and oxygen atoms in total. The normalized spacial score (nSPS) is 40.7. The van der Waals surface area contributed by atoms with Gasteiger partial charge in [0.05, 0.1) is 6.04 Å². The van der Waals surface area contributed by atoms with Crippen LogP contribution in [0.4, 0.5) is 0 Å². The number of fused-ring (bicyclic) bond motifs is 2. The van der Waals surface area contributed by atoms with E-state index in [1.54, 1.807) is 0 Å². The summed E-state index contributed by atoms with van der Waals surface area (Å²) in [5.74, 6) is 2.05. The highest BCUT2D eigenvalue weighted by molar-refractivity contribution is 7.99. The first-order chi connectivity index (χ1) is 8.74. The lowest BCUT2D eigenvalue weighted by molar-refractivity contribution is -0.123. The van der Waals surface area contributed by atoms with Crippen LogP contribution in [0.3, 0.4) is 0 Å². The molecule has 3 saturated heterocycles. The second-order valence-corrected chi connectivity index (χ2v) is 6.88. The molecule has 5 heteroatoms. The van der Waals surface area contributed by atoms with E-state index >= 15 is 0 Å². The summed E-state index contributed by atoms with van der Waals surface area (Å²) in [5.41, 5.74) is 0. The van der Waals surface area contributed by atoms with Gasteiger partial charge in [0.2, 0.25) is 5.91 Å². The number of nitrogens with zero attached hydrogens (tertiary/aromatic N) is 1. The summed E-state index contributed by atoms with van der Waals surface area (Å²) in [6, 6.07) is 1.81. The maximum atomic E-state index is 12.1. The Labute approximate surface area is 113 Å². The lowest BCUT2D eigenvalue weighted by Gasteiger charge is -2.47. The lowest BCUT2D eigenvalue weighted by Crippen LogP contribution is -2.57. The van der Waals surface area contributed by atoms with Gasteiger partial charge in [0.1, 0.15) is 0 Å². The van der Waals surface area contributed by atoms with Gasteiger partial charge in [-0.3, -0.25) is 10.1 Å². The van der Waals surface area contributed by atoms with E-state index in [1.165, 1.54) is 19.3 Å². The molecular formula is C13H23N3OS. The van der Waals surface area contributed by atoms with Crippen LogP contribution in [0.25, 0.3) is 0 Å². The Morgan fingerprint density at radius 3 is 2.67 bits per heavy atom. The van der Waals surface area contributed by atoms with Gasteiger partial charge in [0.25, 0.3) is 0 Å². The van der Waals surface area contributed by atoms with Crippen LogP contribution < -0.4 is 10.6 Å². The smallest absolute Gasteiger partial charge is 0.238 e. The van der Waals surface area contributed by atoms with Crippen molar-refractivity contribution in [3.05, 3.63) is 0 Å². The summed E-state index contributed by atoms with van der Waals surface area (Å²) in [6.45, 7) is 0. The third-order valence-electron chi connectivity index (χ3n) is 4.72. The molecule has 3 aliphatic heterocycles. The number of nitrogens with one attached hydrogen (secondary N) is 2. The van der Waals surface area contributed by atoms with Crippen molar-refractivity contribution in [3.63, 3.8) is 0 Å². The molecule has 0 aliphatic carbocycles. The van der Waals surface area contributed by atoms with E-state index in [0.29, 0.717) is 18.1 Å². The minimum atomic E-state index is 0.0366. The van der Waals surface area contributed by atoms with Gasteiger partial charge in [-0.15, -0.1) is 11.8 Å². The summed E-state index contributed by atoms with van der Waals surface area (Å²) in [4.78, 5) is 14.7. The Hall–Kier alpha value is -0.260. The molecule has 2 bridgehead atoms. The van der Waals surface area contributed by atoms with E-state index in [1.807, 2.05) is 11.8 Å². The largest absolute Gasteiger partial charge is 0.352 e. The van der Waals surface area contributed by atoms with Crippen molar-refractivity contribution in [2.75, 3.05) is 18.7 Å². The van der Waals surface area contributed by atoms with E-state index in [4.69, 9.17) is 0 Å². The first-order valence-electron chi connectivity index (χ1n) is 7.07. The van der Waals surface area contributed by atoms with Gasteiger partial charge >= 0.3 is 0 Å². The fourth-order valence-corrected chi connectivity index (χ4v) is 4.54. The second kappa shape index (κ2) is 5.39. The zero-order valence-corrected chi connectivity index (χ0v) is 11.8. The van der Waals surface area contributed by atoms with Crippen LogP contribution in [0.1, 0.15) is 32.1 Å². The number of hydrogen-bond acceptors (Lipinski definition) is 4. The molecule has 3 atom stereocenters. The highest BCUT2D eigenvalue weighted by Crippen LogP contribution is 2.32. The molecule has 3 unspecified atom stereocenters. The number of carbonyl (C=O) groups excluding carboxylic acids is 1. The summed E-state index contributed by atoms with van der Waals surface area (Å²) in [5, 5.41) is 6.51. The summed E-state index contributed by atoms with van der Waals surface area (Å²) < 4.78 is 0. The van der Waals surface area contributed by atoms with E-state index in [9.17, 15) is 4.79 Å². The fourth-order valence-electron chi connectivity index (χ4n) is 3.60.